The lowest BCUT2D eigenvalue weighted by Crippen LogP contribution is -2.31. The normalized spacial score (nSPS) is 11.2. The molecule has 0 atom stereocenters. The lowest BCUT2D eigenvalue weighted by atomic mass is 9.88. The molecule has 0 fully saturated rings. The van der Waals surface area contributed by atoms with Crippen molar-refractivity contribution in [1.29, 1.82) is 0 Å². The number of hydrogen-bond acceptors (Lipinski definition) is 4. The highest BCUT2D eigenvalue weighted by Gasteiger charge is 2.26. The zero-order chi connectivity index (χ0) is 24.2. The van der Waals surface area contributed by atoms with Crippen LogP contribution in [0.5, 0.6) is 0 Å². The minimum absolute atomic E-state index is 0.0425. The highest BCUT2D eigenvalue weighted by atomic mass is 32.1. The summed E-state index contributed by atoms with van der Waals surface area (Å²) in [5, 5.41) is 0.728. The molecule has 174 valence electrons. The van der Waals surface area contributed by atoms with Crippen LogP contribution in [-0.2, 0) is 11.3 Å². The predicted molar refractivity (Wildman–Crippen MR) is 144 cm³/mol. The molecule has 5 heteroatoms. The summed E-state index contributed by atoms with van der Waals surface area (Å²) in [7, 11) is 0. The fourth-order valence-corrected chi connectivity index (χ4v) is 5.51. The molecule has 0 aliphatic heterocycles. The van der Waals surface area contributed by atoms with E-state index in [1.807, 2.05) is 59.6 Å². The predicted octanol–water partition coefficient (Wildman–Crippen LogP) is 7.06. The standard InChI is InChI=1S/C30H27N3OS/c1-21-15-16-22(2)29-28(21)32-30(35-29)33(20-23-10-9-17-31-19-23)27(34)18-26(24-11-5-3-6-12-24)25-13-7-4-8-14-25/h3-17,19,26H,18,20H2,1-2H3. The van der Waals surface area contributed by atoms with E-state index in [1.54, 1.807) is 17.5 Å². The summed E-state index contributed by atoms with van der Waals surface area (Å²) in [5.41, 5.74) is 6.50. The SMILES string of the molecule is Cc1ccc(C)c2sc(N(Cc3cccnc3)C(=O)CC(c3ccccc3)c3ccccc3)nc12. The van der Waals surface area contributed by atoms with Gasteiger partial charge in [-0.05, 0) is 47.7 Å². The van der Waals surface area contributed by atoms with E-state index in [9.17, 15) is 4.79 Å². The highest BCUT2D eigenvalue weighted by molar-refractivity contribution is 7.22. The van der Waals surface area contributed by atoms with Crippen molar-refractivity contribution >= 4 is 32.6 Å². The molecule has 2 heterocycles. The molecule has 0 radical (unpaired) electrons. The molecule has 0 unspecified atom stereocenters. The van der Waals surface area contributed by atoms with Crippen LogP contribution in [0.1, 0.15) is 40.2 Å². The average molecular weight is 478 g/mol. The van der Waals surface area contributed by atoms with Crippen molar-refractivity contribution in [3.63, 3.8) is 0 Å². The second-order valence-corrected chi connectivity index (χ2v) is 9.77. The van der Waals surface area contributed by atoms with Gasteiger partial charge >= 0.3 is 0 Å². The number of aryl methyl sites for hydroxylation is 2. The van der Waals surface area contributed by atoms with Gasteiger partial charge < -0.3 is 0 Å². The van der Waals surface area contributed by atoms with Crippen LogP contribution in [-0.4, -0.2) is 15.9 Å². The molecule has 0 bridgehead atoms. The first-order chi connectivity index (χ1) is 17.1. The topological polar surface area (TPSA) is 46.1 Å². The van der Waals surface area contributed by atoms with Crippen LogP contribution in [0.25, 0.3) is 10.2 Å². The maximum absolute atomic E-state index is 14.0. The number of pyridine rings is 1. The third-order valence-corrected chi connectivity index (χ3v) is 7.52. The Morgan fingerprint density at radius 1 is 0.857 bits per heavy atom. The van der Waals surface area contributed by atoms with Gasteiger partial charge in [0.2, 0.25) is 5.91 Å². The van der Waals surface area contributed by atoms with Gasteiger partial charge in [-0.2, -0.15) is 0 Å². The minimum Gasteiger partial charge on any atom is -0.284 e. The number of benzene rings is 3. The van der Waals surface area contributed by atoms with Gasteiger partial charge in [0.25, 0.3) is 0 Å². The summed E-state index contributed by atoms with van der Waals surface area (Å²) < 4.78 is 1.13. The summed E-state index contributed by atoms with van der Waals surface area (Å²) in [4.78, 5) is 25.1. The molecule has 2 aromatic heterocycles. The first kappa shape index (κ1) is 22.9. The van der Waals surface area contributed by atoms with E-state index in [0.29, 0.717) is 13.0 Å². The first-order valence-electron chi connectivity index (χ1n) is 11.8. The van der Waals surface area contributed by atoms with Gasteiger partial charge in [0.05, 0.1) is 16.8 Å². The van der Waals surface area contributed by atoms with Gasteiger partial charge in [0, 0.05) is 24.7 Å². The number of carbonyl (C=O) groups is 1. The largest absolute Gasteiger partial charge is 0.284 e. The van der Waals surface area contributed by atoms with Crippen molar-refractivity contribution in [3.05, 3.63) is 125 Å². The second-order valence-electron chi connectivity index (χ2n) is 8.79. The number of amides is 1. The van der Waals surface area contributed by atoms with E-state index in [4.69, 9.17) is 4.98 Å². The maximum atomic E-state index is 14.0. The van der Waals surface area contributed by atoms with E-state index in [2.05, 4.69) is 55.2 Å². The number of nitrogens with zero attached hydrogens (tertiary/aromatic N) is 3. The monoisotopic (exact) mass is 477 g/mol. The Balaban J connectivity index is 1.55. The molecular weight excluding hydrogens is 450 g/mol. The van der Waals surface area contributed by atoms with Crippen molar-refractivity contribution in [2.75, 3.05) is 4.90 Å². The van der Waals surface area contributed by atoms with E-state index >= 15 is 0 Å². The van der Waals surface area contributed by atoms with Crippen LogP contribution >= 0.6 is 11.3 Å². The maximum Gasteiger partial charge on any atom is 0.230 e. The molecule has 0 aliphatic rings. The number of anilines is 1. The summed E-state index contributed by atoms with van der Waals surface area (Å²) in [6.07, 6.45) is 3.92. The molecule has 5 rings (SSSR count). The third-order valence-electron chi connectivity index (χ3n) is 6.31. The lowest BCUT2D eigenvalue weighted by Gasteiger charge is -2.24. The van der Waals surface area contributed by atoms with Gasteiger partial charge in [-0.15, -0.1) is 0 Å². The Labute approximate surface area is 209 Å². The van der Waals surface area contributed by atoms with Gasteiger partial charge in [0.15, 0.2) is 5.13 Å². The molecule has 0 saturated carbocycles. The summed E-state index contributed by atoms with van der Waals surface area (Å²) >= 11 is 1.59. The number of rotatable bonds is 7. The van der Waals surface area contributed by atoms with E-state index in [0.717, 1.165) is 37.6 Å². The fraction of sp³-hybridized carbons (Fsp3) is 0.167. The zero-order valence-electron chi connectivity index (χ0n) is 19.9. The average Bonchev–Trinajstić information content (AvgIpc) is 3.36. The Bertz CT molecular complexity index is 1350. The Kier molecular flexibility index (Phi) is 6.68. The van der Waals surface area contributed by atoms with Gasteiger partial charge in [-0.3, -0.25) is 14.7 Å². The van der Waals surface area contributed by atoms with Gasteiger partial charge in [-0.1, -0.05) is 90.2 Å². The van der Waals surface area contributed by atoms with Crippen molar-refractivity contribution in [1.82, 2.24) is 9.97 Å². The molecule has 1 amide bonds. The first-order valence-corrected chi connectivity index (χ1v) is 12.6. The van der Waals surface area contributed by atoms with E-state index in [1.165, 1.54) is 5.56 Å². The molecule has 0 aliphatic carbocycles. The molecule has 0 saturated heterocycles. The Morgan fingerprint density at radius 3 is 2.11 bits per heavy atom. The smallest absolute Gasteiger partial charge is 0.230 e. The molecule has 35 heavy (non-hydrogen) atoms. The number of aromatic nitrogens is 2. The van der Waals surface area contributed by atoms with Crippen molar-refractivity contribution < 1.29 is 4.79 Å². The zero-order valence-corrected chi connectivity index (χ0v) is 20.7. The van der Waals surface area contributed by atoms with Crippen LogP contribution in [0.15, 0.2) is 97.3 Å². The Hall–Kier alpha value is -3.83. The van der Waals surface area contributed by atoms with Crippen LogP contribution in [0.3, 0.4) is 0 Å². The van der Waals surface area contributed by atoms with Gasteiger partial charge in [0.1, 0.15) is 0 Å². The quantitative estimate of drug-likeness (QED) is 0.252. The minimum atomic E-state index is -0.0425. The van der Waals surface area contributed by atoms with Crippen LogP contribution in [0.2, 0.25) is 0 Å². The van der Waals surface area contributed by atoms with Crippen LogP contribution < -0.4 is 4.90 Å². The third kappa shape index (κ3) is 5.00. The second kappa shape index (κ2) is 10.2. The van der Waals surface area contributed by atoms with Crippen molar-refractivity contribution in [2.24, 2.45) is 0 Å². The number of fused-ring (bicyclic) bond motifs is 1. The number of hydrogen-bond donors (Lipinski definition) is 0. The highest BCUT2D eigenvalue weighted by Crippen LogP contribution is 2.36. The summed E-state index contributed by atoms with van der Waals surface area (Å²) in [6.45, 7) is 4.60. The molecule has 4 nitrogen and oxygen atoms in total. The molecule has 0 N–H and O–H groups in total. The summed E-state index contributed by atoms with van der Waals surface area (Å²) in [6, 6.07) is 28.6. The Morgan fingerprint density at radius 2 is 1.51 bits per heavy atom. The fourth-order valence-electron chi connectivity index (χ4n) is 4.38. The lowest BCUT2D eigenvalue weighted by molar-refractivity contribution is -0.119. The van der Waals surface area contributed by atoms with Crippen LogP contribution in [0, 0.1) is 13.8 Å². The number of carbonyl (C=O) groups excluding carboxylic acids is 1. The van der Waals surface area contributed by atoms with Gasteiger partial charge in [-0.25, -0.2) is 4.98 Å². The molecular formula is C30H27N3OS. The molecule has 3 aromatic carbocycles. The van der Waals surface area contributed by atoms with Crippen molar-refractivity contribution in [3.8, 4) is 0 Å². The molecule has 0 spiro atoms. The molecule has 5 aromatic rings. The van der Waals surface area contributed by atoms with E-state index < -0.39 is 0 Å². The summed E-state index contributed by atoms with van der Waals surface area (Å²) in [5.74, 6) is 0.0000651. The van der Waals surface area contributed by atoms with Crippen molar-refractivity contribution in [2.45, 2.75) is 32.7 Å². The van der Waals surface area contributed by atoms with E-state index in [-0.39, 0.29) is 11.8 Å². The van der Waals surface area contributed by atoms with Crippen LogP contribution in [0.4, 0.5) is 5.13 Å². The number of thiazole rings is 1.